The van der Waals surface area contributed by atoms with Crippen molar-refractivity contribution in [3.05, 3.63) is 52.8 Å². The van der Waals surface area contributed by atoms with E-state index in [1.807, 2.05) is 19.1 Å². The highest BCUT2D eigenvalue weighted by atomic mass is 16.5. The summed E-state index contributed by atoms with van der Waals surface area (Å²) in [5.41, 5.74) is 8.84. The molecule has 0 saturated heterocycles. The molecule has 0 bridgehead atoms. The Morgan fingerprint density at radius 1 is 1.42 bits per heavy atom. The lowest BCUT2D eigenvalue weighted by atomic mass is 9.85. The SMILES string of the molecule is Cc1[nH]nc2c1[C@@H](c1ccncc1)C(C#N)=C(N)O2. The van der Waals surface area contributed by atoms with E-state index in [2.05, 4.69) is 21.3 Å². The number of rotatable bonds is 1. The van der Waals surface area contributed by atoms with Crippen molar-refractivity contribution in [1.29, 1.82) is 5.26 Å². The summed E-state index contributed by atoms with van der Waals surface area (Å²) in [6.07, 6.45) is 3.37. The molecule has 1 aliphatic rings. The molecular formula is C13H11N5O. The molecule has 1 aliphatic heterocycles. The molecule has 0 unspecified atom stereocenters. The largest absolute Gasteiger partial charge is 0.420 e. The quantitative estimate of drug-likeness (QED) is 0.798. The third-order valence-electron chi connectivity index (χ3n) is 3.17. The number of allylic oxidation sites excluding steroid dienone is 1. The average Bonchev–Trinajstić information content (AvgIpc) is 2.79. The van der Waals surface area contributed by atoms with Crippen molar-refractivity contribution >= 4 is 0 Å². The van der Waals surface area contributed by atoms with E-state index in [1.54, 1.807) is 12.4 Å². The Balaban J connectivity index is 2.25. The molecule has 0 spiro atoms. The molecule has 0 aliphatic carbocycles. The summed E-state index contributed by atoms with van der Waals surface area (Å²) >= 11 is 0. The molecule has 94 valence electrons. The summed E-state index contributed by atoms with van der Waals surface area (Å²) < 4.78 is 5.38. The van der Waals surface area contributed by atoms with Gasteiger partial charge in [-0.2, -0.15) is 5.26 Å². The number of nitriles is 1. The summed E-state index contributed by atoms with van der Waals surface area (Å²) in [5, 5.41) is 16.3. The first-order chi connectivity index (χ1) is 9.22. The second-order valence-electron chi connectivity index (χ2n) is 4.27. The average molecular weight is 253 g/mol. The molecule has 19 heavy (non-hydrogen) atoms. The Bertz CT molecular complexity index is 696. The minimum absolute atomic E-state index is 0.100. The predicted molar refractivity (Wildman–Crippen MR) is 66.9 cm³/mol. The molecular weight excluding hydrogens is 242 g/mol. The molecule has 6 heteroatoms. The van der Waals surface area contributed by atoms with Crippen LogP contribution in [0.15, 0.2) is 36.0 Å². The van der Waals surface area contributed by atoms with E-state index < -0.39 is 0 Å². The molecule has 0 radical (unpaired) electrons. The van der Waals surface area contributed by atoms with Gasteiger partial charge >= 0.3 is 0 Å². The predicted octanol–water partition coefficient (Wildman–Crippen LogP) is 1.33. The number of aryl methyl sites for hydroxylation is 1. The molecule has 0 fully saturated rings. The molecule has 1 atom stereocenters. The first kappa shape index (κ1) is 11.3. The fraction of sp³-hybridized carbons (Fsp3) is 0.154. The summed E-state index contributed by atoms with van der Waals surface area (Å²) in [5.74, 6) is 0.259. The summed E-state index contributed by atoms with van der Waals surface area (Å²) in [6, 6.07) is 5.84. The van der Waals surface area contributed by atoms with Crippen LogP contribution in [0, 0.1) is 18.3 Å². The van der Waals surface area contributed by atoms with Gasteiger partial charge < -0.3 is 10.5 Å². The first-order valence-electron chi connectivity index (χ1n) is 5.74. The van der Waals surface area contributed by atoms with Crippen LogP contribution >= 0.6 is 0 Å². The second-order valence-corrected chi connectivity index (χ2v) is 4.27. The zero-order valence-corrected chi connectivity index (χ0v) is 10.2. The van der Waals surface area contributed by atoms with Crippen LogP contribution in [0.25, 0.3) is 0 Å². The zero-order valence-electron chi connectivity index (χ0n) is 10.2. The van der Waals surface area contributed by atoms with Gasteiger partial charge in [0.25, 0.3) is 0 Å². The number of ether oxygens (including phenoxy) is 1. The van der Waals surface area contributed by atoms with Crippen LogP contribution < -0.4 is 10.5 Å². The summed E-state index contributed by atoms with van der Waals surface area (Å²) in [6.45, 7) is 1.89. The van der Waals surface area contributed by atoms with Crippen LogP contribution in [0.5, 0.6) is 5.88 Å². The Morgan fingerprint density at radius 3 is 2.84 bits per heavy atom. The van der Waals surface area contributed by atoms with E-state index in [0.717, 1.165) is 16.8 Å². The molecule has 2 aromatic rings. The molecule has 0 amide bonds. The topological polar surface area (TPSA) is 101 Å². The maximum Gasteiger partial charge on any atom is 0.244 e. The summed E-state index contributed by atoms with van der Waals surface area (Å²) in [7, 11) is 0. The molecule has 3 rings (SSSR count). The summed E-state index contributed by atoms with van der Waals surface area (Å²) in [4.78, 5) is 3.99. The number of nitrogens with two attached hydrogens (primary N) is 1. The number of nitrogens with zero attached hydrogens (tertiary/aromatic N) is 3. The smallest absolute Gasteiger partial charge is 0.244 e. The van der Waals surface area contributed by atoms with Gasteiger partial charge in [0.1, 0.15) is 11.6 Å². The van der Waals surface area contributed by atoms with Crippen molar-refractivity contribution in [2.24, 2.45) is 5.73 Å². The number of hydrogen-bond donors (Lipinski definition) is 2. The van der Waals surface area contributed by atoms with Crippen LogP contribution in [0.4, 0.5) is 0 Å². The van der Waals surface area contributed by atoms with Gasteiger partial charge in [0.15, 0.2) is 0 Å². The lowest BCUT2D eigenvalue weighted by molar-refractivity contribution is 0.379. The number of nitrogens with one attached hydrogen (secondary N) is 1. The number of hydrogen-bond acceptors (Lipinski definition) is 5. The fourth-order valence-electron chi connectivity index (χ4n) is 2.29. The van der Waals surface area contributed by atoms with Gasteiger partial charge in [-0.1, -0.05) is 0 Å². The van der Waals surface area contributed by atoms with E-state index >= 15 is 0 Å². The van der Waals surface area contributed by atoms with Gasteiger partial charge in [-0.15, -0.1) is 5.10 Å². The van der Waals surface area contributed by atoms with Crippen LogP contribution in [0.2, 0.25) is 0 Å². The standard InChI is InChI=1S/C13H11N5O/c1-7-10-11(8-2-4-16-5-3-8)9(6-14)12(15)19-13(10)18-17-7/h2-5,11H,15H2,1H3,(H,17,18)/t11-/m0/s1. The third-order valence-corrected chi connectivity index (χ3v) is 3.17. The van der Waals surface area contributed by atoms with Crippen molar-refractivity contribution in [3.8, 4) is 11.9 Å². The van der Waals surface area contributed by atoms with Gasteiger partial charge in [-0.05, 0) is 24.6 Å². The van der Waals surface area contributed by atoms with E-state index in [4.69, 9.17) is 10.5 Å². The van der Waals surface area contributed by atoms with E-state index in [0.29, 0.717) is 11.5 Å². The Hall–Kier alpha value is -2.81. The molecule has 3 N–H and O–H groups in total. The maximum absolute atomic E-state index is 9.33. The number of pyridine rings is 1. The minimum atomic E-state index is -0.268. The van der Waals surface area contributed by atoms with Gasteiger partial charge in [0.2, 0.25) is 11.8 Å². The Kier molecular flexibility index (Phi) is 2.46. The molecule has 0 saturated carbocycles. The van der Waals surface area contributed by atoms with Crippen molar-refractivity contribution in [2.45, 2.75) is 12.8 Å². The van der Waals surface area contributed by atoms with Gasteiger partial charge in [-0.3, -0.25) is 10.1 Å². The van der Waals surface area contributed by atoms with Gasteiger partial charge in [0.05, 0.1) is 5.92 Å². The molecule has 2 aromatic heterocycles. The number of aromatic nitrogens is 3. The Labute approximate surface area is 109 Å². The third kappa shape index (κ3) is 1.64. The zero-order chi connectivity index (χ0) is 13.4. The number of aromatic amines is 1. The molecule has 6 nitrogen and oxygen atoms in total. The van der Waals surface area contributed by atoms with E-state index in [1.165, 1.54) is 0 Å². The van der Waals surface area contributed by atoms with Crippen LogP contribution in [0.3, 0.4) is 0 Å². The monoisotopic (exact) mass is 253 g/mol. The maximum atomic E-state index is 9.33. The minimum Gasteiger partial charge on any atom is -0.420 e. The number of fused-ring (bicyclic) bond motifs is 1. The van der Waals surface area contributed by atoms with Crippen LogP contribution in [-0.2, 0) is 0 Å². The van der Waals surface area contributed by atoms with Gasteiger partial charge in [-0.25, -0.2) is 0 Å². The van der Waals surface area contributed by atoms with Crippen molar-refractivity contribution in [1.82, 2.24) is 15.2 Å². The molecule has 0 aromatic carbocycles. The number of H-pyrrole nitrogens is 1. The lowest BCUT2D eigenvalue weighted by Crippen LogP contribution is -2.21. The molecule has 3 heterocycles. The highest BCUT2D eigenvalue weighted by Crippen LogP contribution is 2.42. The van der Waals surface area contributed by atoms with Crippen LogP contribution in [-0.4, -0.2) is 15.2 Å². The van der Waals surface area contributed by atoms with Crippen molar-refractivity contribution in [2.75, 3.05) is 0 Å². The lowest BCUT2D eigenvalue weighted by Gasteiger charge is -2.23. The first-order valence-corrected chi connectivity index (χ1v) is 5.74. The van der Waals surface area contributed by atoms with E-state index in [-0.39, 0.29) is 11.8 Å². The highest BCUT2D eigenvalue weighted by Gasteiger charge is 2.33. The second kappa shape index (κ2) is 4.14. The Morgan fingerprint density at radius 2 is 2.16 bits per heavy atom. The van der Waals surface area contributed by atoms with Gasteiger partial charge in [0, 0.05) is 23.7 Å². The van der Waals surface area contributed by atoms with Crippen molar-refractivity contribution in [3.63, 3.8) is 0 Å². The highest BCUT2D eigenvalue weighted by molar-refractivity contribution is 5.54. The van der Waals surface area contributed by atoms with Crippen molar-refractivity contribution < 1.29 is 4.74 Å². The van der Waals surface area contributed by atoms with E-state index in [9.17, 15) is 5.26 Å². The normalized spacial score (nSPS) is 17.6. The fourth-order valence-corrected chi connectivity index (χ4v) is 2.29. The van der Waals surface area contributed by atoms with Crippen LogP contribution in [0.1, 0.15) is 22.7 Å².